The monoisotopic (exact) mass is 284 g/mol. The van der Waals surface area contributed by atoms with E-state index in [-0.39, 0.29) is 17.2 Å². The second-order valence-electron chi connectivity index (χ2n) is 5.08. The Kier molecular flexibility index (Phi) is 3.17. The zero-order chi connectivity index (χ0) is 15.0. The molecule has 0 unspecified atom stereocenters. The minimum atomic E-state index is -0.390. The van der Waals surface area contributed by atoms with Crippen LogP contribution in [-0.2, 0) is 6.42 Å². The number of fused-ring (bicyclic) bond motifs is 1. The lowest BCUT2D eigenvalue weighted by Gasteiger charge is -2.30. The first-order valence-corrected chi connectivity index (χ1v) is 6.80. The summed E-state index contributed by atoms with van der Waals surface area (Å²) in [6, 6.07) is 9.85. The smallest absolute Gasteiger partial charge is 0.262 e. The third-order valence-corrected chi connectivity index (χ3v) is 3.78. The zero-order valence-corrected chi connectivity index (χ0v) is 11.4. The number of carbonyl (C=O) groups excluding carboxylic acids is 1. The van der Waals surface area contributed by atoms with Gasteiger partial charge >= 0.3 is 0 Å². The van der Waals surface area contributed by atoms with Crippen molar-refractivity contribution in [2.45, 2.75) is 12.8 Å². The standard InChI is InChI=1S/C16H16N2O3/c17-12-6-2-7-13-10(12)5-3-9-18(13)16(21)11-4-1-8-14(19)15(11)20/h1-2,4,6-8,19-20H,3,5,9,17H2. The molecule has 0 bridgehead atoms. The SMILES string of the molecule is Nc1cccc2c1CCCN2C(=O)c1cccc(O)c1O. The van der Waals surface area contributed by atoms with Gasteiger partial charge in [0.05, 0.1) is 5.56 Å². The summed E-state index contributed by atoms with van der Waals surface area (Å²) < 4.78 is 0. The van der Waals surface area contributed by atoms with Crippen LogP contribution in [0.2, 0.25) is 0 Å². The first-order valence-electron chi connectivity index (χ1n) is 6.80. The highest BCUT2D eigenvalue weighted by Crippen LogP contribution is 2.35. The Bertz CT molecular complexity index is 713. The Hall–Kier alpha value is -2.69. The van der Waals surface area contributed by atoms with Crippen molar-refractivity contribution in [3.63, 3.8) is 0 Å². The molecule has 2 aromatic rings. The summed E-state index contributed by atoms with van der Waals surface area (Å²) in [6.45, 7) is 0.560. The number of amides is 1. The van der Waals surface area contributed by atoms with E-state index in [0.29, 0.717) is 12.2 Å². The molecule has 108 valence electrons. The lowest BCUT2D eigenvalue weighted by atomic mass is 9.99. The molecule has 1 aliphatic rings. The summed E-state index contributed by atoms with van der Waals surface area (Å²) in [5.41, 5.74) is 8.46. The van der Waals surface area contributed by atoms with E-state index >= 15 is 0 Å². The predicted octanol–water partition coefficient (Wildman–Crippen LogP) is 2.27. The first kappa shape index (κ1) is 13.3. The van der Waals surface area contributed by atoms with E-state index in [1.54, 1.807) is 4.90 Å². The van der Waals surface area contributed by atoms with Gasteiger partial charge in [0.2, 0.25) is 0 Å². The molecule has 0 spiro atoms. The molecule has 1 aliphatic heterocycles. The number of nitrogens with two attached hydrogens (primary N) is 1. The number of hydrogen-bond acceptors (Lipinski definition) is 4. The lowest BCUT2D eigenvalue weighted by molar-refractivity contribution is 0.0982. The Labute approximate surface area is 122 Å². The lowest BCUT2D eigenvalue weighted by Crippen LogP contribution is -2.35. The normalized spacial score (nSPS) is 13.8. The fourth-order valence-corrected chi connectivity index (χ4v) is 2.71. The highest BCUT2D eigenvalue weighted by atomic mass is 16.3. The highest BCUT2D eigenvalue weighted by Gasteiger charge is 2.26. The summed E-state index contributed by atoms with van der Waals surface area (Å²) in [6.07, 6.45) is 1.64. The summed E-state index contributed by atoms with van der Waals surface area (Å²) >= 11 is 0. The summed E-state index contributed by atoms with van der Waals surface area (Å²) in [4.78, 5) is 14.3. The van der Waals surface area contributed by atoms with Crippen LogP contribution in [0.3, 0.4) is 0 Å². The van der Waals surface area contributed by atoms with Crippen LogP contribution in [0.1, 0.15) is 22.3 Å². The Morgan fingerprint density at radius 2 is 1.90 bits per heavy atom. The fourth-order valence-electron chi connectivity index (χ4n) is 2.71. The number of nitrogens with zero attached hydrogens (tertiary/aromatic N) is 1. The van der Waals surface area contributed by atoms with Gasteiger partial charge in [-0.05, 0) is 42.7 Å². The number of anilines is 2. The van der Waals surface area contributed by atoms with Gasteiger partial charge in [-0.15, -0.1) is 0 Å². The average molecular weight is 284 g/mol. The maximum atomic E-state index is 12.7. The Morgan fingerprint density at radius 1 is 1.14 bits per heavy atom. The molecule has 0 aromatic heterocycles. The van der Waals surface area contributed by atoms with Crippen molar-refractivity contribution >= 4 is 17.3 Å². The zero-order valence-electron chi connectivity index (χ0n) is 11.4. The van der Waals surface area contributed by atoms with Gasteiger partial charge in [0, 0.05) is 17.9 Å². The van der Waals surface area contributed by atoms with Crippen LogP contribution in [0.15, 0.2) is 36.4 Å². The van der Waals surface area contributed by atoms with Crippen LogP contribution in [-0.4, -0.2) is 22.7 Å². The molecule has 0 fully saturated rings. The molecule has 4 N–H and O–H groups in total. The van der Waals surface area contributed by atoms with Crippen molar-refractivity contribution in [1.29, 1.82) is 0 Å². The molecule has 0 saturated carbocycles. The van der Waals surface area contributed by atoms with E-state index in [1.165, 1.54) is 18.2 Å². The number of para-hydroxylation sites is 1. The molecule has 0 aliphatic carbocycles. The van der Waals surface area contributed by atoms with Crippen LogP contribution in [0.4, 0.5) is 11.4 Å². The molecule has 0 saturated heterocycles. The van der Waals surface area contributed by atoms with E-state index in [9.17, 15) is 15.0 Å². The van der Waals surface area contributed by atoms with Crippen LogP contribution in [0, 0.1) is 0 Å². The minimum absolute atomic E-state index is 0.0882. The topological polar surface area (TPSA) is 86.8 Å². The molecular weight excluding hydrogens is 268 g/mol. The number of rotatable bonds is 1. The molecule has 2 aromatic carbocycles. The van der Waals surface area contributed by atoms with Crippen molar-refractivity contribution in [1.82, 2.24) is 0 Å². The molecule has 3 rings (SSSR count). The molecule has 21 heavy (non-hydrogen) atoms. The van der Waals surface area contributed by atoms with E-state index < -0.39 is 5.75 Å². The summed E-state index contributed by atoms with van der Waals surface area (Å²) in [5, 5.41) is 19.4. The van der Waals surface area contributed by atoms with E-state index in [2.05, 4.69) is 0 Å². The van der Waals surface area contributed by atoms with Gasteiger partial charge < -0.3 is 20.8 Å². The minimum Gasteiger partial charge on any atom is -0.504 e. The molecule has 5 heteroatoms. The van der Waals surface area contributed by atoms with Gasteiger partial charge in [-0.1, -0.05) is 12.1 Å². The van der Waals surface area contributed by atoms with Crippen molar-refractivity contribution in [3.8, 4) is 11.5 Å². The first-order chi connectivity index (χ1) is 10.1. The van der Waals surface area contributed by atoms with Gasteiger partial charge in [-0.25, -0.2) is 0 Å². The third kappa shape index (κ3) is 2.16. The predicted molar refractivity (Wildman–Crippen MR) is 80.6 cm³/mol. The average Bonchev–Trinajstić information content (AvgIpc) is 2.49. The van der Waals surface area contributed by atoms with Crippen LogP contribution in [0.25, 0.3) is 0 Å². The number of nitrogen functional groups attached to an aromatic ring is 1. The van der Waals surface area contributed by atoms with E-state index in [4.69, 9.17) is 5.73 Å². The Morgan fingerprint density at radius 3 is 2.71 bits per heavy atom. The third-order valence-electron chi connectivity index (χ3n) is 3.78. The number of phenolic OH excluding ortho intramolecular Hbond substituents is 2. The van der Waals surface area contributed by atoms with Gasteiger partial charge in [0.1, 0.15) is 0 Å². The van der Waals surface area contributed by atoms with Gasteiger partial charge in [-0.3, -0.25) is 4.79 Å². The van der Waals surface area contributed by atoms with Crippen LogP contribution < -0.4 is 10.6 Å². The Balaban J connectivity index is 2.05. The van der Waals surface area contributed by atoms with Gasteiger partial charge in [-0.2, -0.15) is 0 Å². The second kappa shape index (κ2) is 5.01. The summed E-state index contributed by atoms with van der Waals surface area (Å²) in [5.74, 6) is -1.03. The molecule has 0 atom stereocenters. The molecular formula is C16H16N2O3. The number of aromatic hydroxyl groups is 2. The molecule has 1 heterocycles. The van der Waals surface area contributed by atoms with Crippen molar-refractivity contribution in [2.24, 2.45) is 0 Å². The largest absolute Gasteiger partial charge is 0.504 e. The number of hydrogen-bond donors (Lipinski definition) is 3. The quantitative estimate of drug-likeness (QED) is 0.554. The van der Waals surface area contributed by atoms with E-state index in [0.717, 1.165) is 24.1 Å². The molecule has 0 radical (unpaired) electrons. The number of carbonyl (C=O) groups is 1. The fraction of sp³-hybridized carbons (Fsp3) is 0.188. The highest BCUT2D eigenvalue weighted by molar-refractivity contribution is 6.09. The van der Waals surface area contributed by atoms with Crippen molar-refractivity contribution < 1.29 is 15.0 Å². The van der Waals surface area contributed by atoms with Crippen molar-refractivity contribution in [3.05, 3.63) is 47.5 Å². The number of phenols is 2. The van der Waals surface area contributed by atoms with Crippen molar-refractivity contribution in [2.75, 3.05) is 17.2 Å². The maximum Gasteiger partial charge on any atom is 0.262 e. The van der Waals surface area contributed by atoms with Crippen LogP contribution in [0.5, 0.6) is 11.5 Å². The molecule has 5 nitrogen and oxygen atoms in total. The molecule has 1 amide bonds. The van der Waals surface area contributed by atoms with Gasteiger partial charge in [0.15, 0.2) is 11.5 Å². The second-order valence-corrected chi connectivity index (χ2v) is 5.08. The van der Waals surface area contributed by atoms with Crippen LogP contribution >= 0.6 is 0 Å². The number of benzene rings is 2. The van der Waals surface area contributed by atoms with Gasteiger partial charge in [0.25, 0.3) is 5.91 Å². The summed E-state index contributed by atoms with van der Waals surface area (Å²) in [7, 11) is 0. The maximum absolute atomic E-state index is 12.7. The van der Waals surface area contributed by atoms with E-state index in [1.807, 2.05) is 18.2 Å².